The molecule has 2 rings (SSSR count). The van der Waals surface area contributed by atoms with Gasteiger partial charge < -0.3 is 20.1 Å². The molecule has 0 unspecified atom stereocenters. The molecule has 4 nitrogen and oxygen atoms in total. The topological polar surface area (TPSA) is 69.9 Å². The van der Waals surface area contributed by atoms with Gasteiger partial charge in [0.2, 0.25) is 0 Å². The first-order valence-electron chi connectivity index (χ1n) is 7.32. The number of halogens is 1. The van der Waals surface area contributed by atoms with Crippen LogP contribution in [-0.2, 0) is 4.74 Å². The molecular formula is C16H25ClO4. The summed E-state index contributed by atoms with van der Waals surface area (Å²) in [6, 6.07) is 0. The molecular weight excluding hydrogens is 292 g/mol. The number of hydrogen-bond donors (Lipinski definition) is 3. The maximum absolute atomic E-state index is 10.8. The smallest absolute Gasteiger partial charge is 0.113 e. The predicted octanol–water partition coefficient (Wildman–Crippen LogP) is 1.91. The van der Waals surface area contributed by atoms with Gasteiger partial charge >= 0.3 is 0 Å². The van der Waals surface area contributed by atoms with Crippen molar-refractivity contribution in [2.75, 3.05) is 0 Å². The minimum Gasteiger partial charge on any atom is -0.388 e. The van der Waals surface area contributed by atoms with E-state index in [1.165, 1.54) is 0 Å². The van der Waals surface area contributed by atoms with E-state index >= 15 is 0 Å². The minimum absolute atomic E-state index is 0.225. The molecule has 21 heavy (non-hydrogen) atoms. The van der Waals surface area contributed by atoms with E-state index in [9.17, 15) is 15.3 Å². The Labute approximate surface area is 131 Å². The lowest BCUT2D eigenvalue weighted by atomic mass is 9.75. The summed E-state index contributed by atoms with van der Waals surface area (Å²) in [6.45, 7) is 7.24. The van der Waals surface area contributed by atoms with Gasteiger partial charge in [-0.25, -0.2) is 0 Å². The Morgan fingerprint density at radius 1 is 1.43 bits per heavy atom. The molecule has 0 radical (unpaired) electrons. The summed E-state index contributed by atoms with van der Waals surface area (Å²) in [5.41, 5.74) is -0.502. The van der Waals surface area contributed by atoms with Crippen LogP contribution in [0.25, 0.3) is 0 Å². The molecule has 2 fully saturated rings. The maximum atomic E-state index is 10.8. The number of aliphatic hydroxyl groups excluding tert-OH is 1. The van der Waals surface area contributed by atoms with Gasteiger partial charge in [0.15, 0.2) is 0 Å². The summed E-state index contributed by atoms with van der Waals surface area (Å²) in [5.74, 6) is 0. The molecule has 1 aliphatic heterocycles. The Morgan fingerprint density at radius 2 is 2.05 bits per heavy atom. The molecule has 120 valence electrons. The largest absolute Gasteiger partial charge is 0.388 e. The van der Waals surface area contributed by atoms with E-state index in [0.717, 1.165) is 11.1 Å². The minimum atomic E-state index is -1.31. The van der Waals surface area contributed by atoms with Gasteiger partial charge in [-0.15, -0.1) is 11.6 Å². The van der Waals surface area contributed by atoms with Crippen molar-refractivity contribution in [1.29, 1.82) is 0 Å². The normalized spacial score (nSPS) is 42.0. The van der Waals surface area contributed by atoms with Gasteiger partial charge in [-0.3, -0.25) is 0 Å². The number of ether oxygens (including phenoxy) is 1. The van der Waals surface area contributed by atoms with Gasteiger partial charge in [-0.2, -0.15) is 0 Å². The molecule has 1 heterocycles. The molecule has 1 saturated carbocycles. The van der Waals surface area contributed by atoms with Crippen LogP contribution in [0.4, 0.5) is 0 Å². The molecule has 0 aromatic carbocycles. The monoisotopic (exact) mass is 316 g/mol. The van der Waals surface area contributed by atoms with Crippen LogP contribution < -0.4 is 0 Å². The van der Waals surface area contributed by atoms with Gasteiger partial charge in [-0.1, -0.05) is 17.7 Å². The van der Waals surface area contributed by atoms with E-state index in [4.69, 9.17) is 16.3 Å². The van der Waals surface area contributed by atoms with Gasteiger partial charge in [-0.05, 0) is 33.3 Å². The molecule has 0 aromatic heterocycles. The highest BCUT2D eigenvalue weighted by molar-refractivity contribution is 6.22. The van der Waals surface area contributed by atoms with Crippen LogP contribution in [0.15, 0.2) is 23.3 Å². The van der Waals surface area contributed by atoms with Crippen LogP contribution in [0.2, 0.25) is 0 Å². The van der Waals surface area contributed by atoms with Crippen molar-refractivity contribution in [2.24, 2.45) is 0 Å². The summed E-state index contributed by atoms with van der Waals surface area (Å²) in [5, 5.41) is 30.4. The predicted molar refractivity (Wildman–Crippen MR) is 82.3 cm³/mol. The van der Waals surface area contributed by atoms with E-state index < -0.39 is 34.9 Å². The Kier molecular flexibility index (Phi) is 4.58. The fourth-order valence-corrected chi connectivity index (χ4v) is 3.35. The lowest BCUT2D eigenvalue weighted by molar-refractivity contribution is -0.108. The van der Waals surface area contributed by atoms with Crippen molar-refractivity contribution >= 4 is 11.6 Å². The van der Waals surface area contributed by atoms with Crippen molar-refractivity contribution in [3.8, 4) is 0 Å². The molecule has 1 saturated heterocycles. The van der Waals surface area contributed by atoms with Gasteiger partial charge in [0.25, 0.3) is 0 Å². The van der Waals surface area contributed by atoms with Gasteiger partial charge in [0.1, 0.15) is 5.60 Å². The fourth-order valence-electron chi connectivity index (χ4n) is 2.96. The molecule has 0 aromatic rings. The van der Waals surface area contributed by atoms with Crippen molar-refractivity contribution in [3.05, 3.63) is 23.3 Å². The van der Waals surface area contributed by atoms with Crippen LogP contribution in [0.1, 0.15) is 40.5 Å². The summed E-state index contributed by atoms with van der Waals surface area (Å²) < 4.78 is 5.83. The highest BCUT2D eigenvalue weighted by Gasteiger charge is 2.59. The SMILES string of the molecule is CC(C)=C/C=C1\C[C@@H]2O[C@@H](C(C)(C)O)C[C@@]2(O)[C@@H](Cl)[C@@H]1O. The van der Waals surface area contributed by atoms with E-state index in [1.807, 2.05) is 26.0 Å². The zero-order chi connectivity index (χ0) is 16.0. The third-order valence-electron chi connectivity index (χ3n) is 4.37. The van der Waals surface area contributed by atoms with Crippen molar-refractivity contribution in [2.45, 2.75) is 75.4 Å². The average molecular weight is 317 g/mol. The maximum Gasteiger partial charge on any atom is 0.113 e. The summed E-state index contributed by atoms with van der Waals surface area (Å²) in [7, 11) is 0. The second-order valence-electron chi connectivity index (χ2n) is 7.00. The third-order valence-corrected chi connectivity index (χ3v) is 4.99. The number of aliphatic hydroxyl groups is 3. The van der Waals surface area contributed by atoms with E-state index in [2.05, 4.69) is 0 Å². The van der Waals surface area contributed by atoms with Crippen molar-refractivity contribution in [3.63, 3.8) is 0 Å². The second kappa shape index (κ2) is 5.67. The quantitative estimate of drug-likeness (QED) is 0.681. The van der Waals surface area contributed by atoms with Gasteiger partial charge in [0, 0.05) is 12.8 Å². The van der Waals surface area contributed by atoms with Crippen LogP contribution in [0, 0.1) is 0 Å². The van der Waals surface area contributed by atoms with Crippen molar-refractivity contribution in [1.82, 2.24) is 0 Å². The highest BCUT2D eigenvalue weighted by Crippen LogP contribution is 2.47. The van der Waals surface area contributed by atoms with Crippen LogP contribution in [0.3, 0.4) is 0 Å². The first kappa shape index (κ1) is 17.0. The first-order chi connectivity index (χ1) is 9.55. The zero-order valence-electron chi connectivity index (χ0n) is 13.0. The fraction of sp³-hybridized carbons (Fsp3) is 0.750. The standard InChI is InChI=1S/C16H25ClO4/c1-9(2)5-6-10-7-11-16(20,14(17)13(10)18)8-12(21-11)15(3,4)19/h5-6,11-14,18-20H,7-8H2,1-4H3/b10-6+/t11-,12+,13+,14-,16-/m0/s1. The lowest BCUT2D eigenvalue weighted by Gasteiger charge is -2.41. The molecule has 0 bridgehead atoms. The number of fused-ring (bicyclic) bond motifs is 1. The zero-order valence-corrected chi connectivity index (χ0v) is 13.8. The molecule has 0 spiro atoms. The number of allylic oxidation sites excluding steroid dienone is 3. The Hall–Kier alpha value is -0.390. The number of hydrogen-bond acceptors (Lipinski definition) is 4. The Balaban J connectivity index is 2.27. The molecule has 5 heteroatoms. The van der Waals surface area contributed by atoms with E-state index in [1.54, 1.807) is 13.8 Å². The molecule has 5 atom stereocenters. The Bertz CT molecular complexity index is 461. The van der Waals surface area contributed by atoms with Gasteiger partial charge in [0.05, 0.1) is 29.3 Å². The molecule has 0 amide bonds. The lowest BCUT2D eigenvalue weighted by Crippen LogP contribution is -2.56. The second-order valence-corrected chi connectivity index (χ2v) is 7.47. The highest BCUT2D eigenvalue weighted by atomic mass is 35.5. The van der Waals surface area contributed by atoms with Crippen LogP contribution >= 0.6 is 11.6 Å². The first-order valence-corrected chi connectivity index (χ1v) is 7.75. The van der Waals surface area contributed by atoms with E-state index in [0.29, 0.717) is 6.42 Å². The number of rotatable bonds is 2. The van der Waals surface area contributed by atoms with Crippen molar-refractivity contribution < 1.29 is 20.1 Å². The van der Waals surface area contributed by atoms with E-state index in [-0.39, 0.29) is 6.42 Å². The molecule has 2 aliphatic rings. The molecule has 1 aliphatic carbocycles. The third kappa shape index (κ3) is 3.20. The van der Waals surface area contributed by atoms with Crippen LogP contribution in [0.5, 0.6) is 0 Å². The number of alkyl halides is 1. The average Bonchev–Trinajstić information content (AvgIpc) is 2.70. The van der Waals surface area contributed by atoms with Crippen LogP contribution in [-0.4, -0.2) is 50.2 Å². The Morgan fingerprint density at radius 3 is 2.57 bits per heavy atom. The summed E-state index contributed by atoms with van der Waals surface area (Å²) in [4.78, 5) is 0. The summed E-state index contributed by atoms with van der Waals surface area (Å²) in [6.07, 6.45) is 2.48. The summed E-state index contributed by atoms with van der Waals surface area (Å²) >= 11 is 6.31. The molecule has 3 N–H and O–H groups in total.